The maximum absolute atomic E-state index is 5.72. The highest BCUT2D eigenvalue weighted by atomic mass is 79.9. The molecule has 0 saturated carbocycles. The molecule has 1 saturated heterocycles. The van der Waals surface area contributed by atoms with Gasteiger partial charge in [0.25, 0.3) is 0 Å². The van der Waals surface area contributed by atoms with Crippen LogP contribution in [0.1, 0.15) is 24.4 Å². The summed E-state index contributed by atoms with van der Waals surface area (Å²) < 4.78 is 0.999. The van der Waals surface area contributed by atoms with Gasteiger partial charge >= 0.3 is 0 Å². The molecule has 1 fully saturated rings. The van der Waals surface area contributed by atoms with E-state index < -0.39 is 0 Å². The Balaban J connectivity index is 2.25. The van der Waals surface area contributed by atoms with Crippen LogP contribution < -0.4 is 11.1 Å². The molecule has 0 aromatic heterocycles. The fraction of sp³-hybridized carbons (Fsp3) is 0.400. The molecule has 1 aliphatic heterocycles. The number of hydrogen-bond donors (Lipinski definition) is 2. The summed E-state index contributed by atoms with van der Waals surface area (Å²) in [5.41, 5.74) is 7.86. The first-order valence-corrected chi connectivity index (χ1v) is 5.35. The van der Waals surface area contributed by atoms with E-state index in [4.69, 9.17) is 5.73 Å². The largest absolute Gasteiger partial charge is 0.398 e. The van der Waals surface area contributed by atoms with Crippen LogP contribution in [0.3, 0.4) is 0 Å². The number of benzene rings is 1. The van der Waals surface area contributed by atoms with Crippen molar-refractivity contribution < 1.29 is 0 Å². The molecular formula is C10H13BrN2. The first kappa shape index (κ1) is 9.03. The predicted molar refractivity (Wildman–Crippen MR) is 58.5 cm³/mol. The third-order valence-corrected chi connectivity index (χ3v) is 3.17. The number of halogens is 1. The van der Waals surface area contributed by atoms with Gasteiger partial charge in [-0.1, -0.05) is 6.07 Å². The lowest BCUT2D eigenvalue weighted by Gasteiger charge is -2.11. The molecule has 0 radical (unpaired) electrons. The van der Waals surface area contributed by atoms with Crippen molar-refractivity contribution in [2.24, 2.45) is 0 Å². The Morgan fingerprint density at radius 1 is 1.46 bits per heavy atom. The molecule has 0 amide bonds. The fourth-order valence-corrected chi connectivity index (χ4v) is 2.13. The van der Waals surface area contributed by atoms with E-state index in [0.29, 0.717) is 6.04 Å². The van der Waals surface area contributed by atoms with Crippen molar-refractivity contribution in [3.63, 3.8) is 0 Å². The van der Waals surface area contributed by atoms with Gasteiger partial charge in [0, 0.05) is 16.2 Å². The molecular weight excluding hydrogens is 228 g/mol. The van der Waals surface area contributed by atoms with Gasteiger partial charge in [0.1, 0.15) is 0 Å². The van der Waals surface area contributed by atoms with Crippen molar-refractivity contribution in [2.75, 3.05) is 12.3 Å². The van der Waals surface area contributed by atoms with E-state index in [9.17, 15) is 0 Å². The Hall–Kier alpha value is -0.540. The van der Waals surface area contributed by atoms with Gasteiger partial charge < -0.3 is 11.1 Å². The standard InChI is InChI=1S/C10H13BrN2/c11-8-6-7(3-4-9(8)12)10-2-1-5-13-10/h3-4,6,10,13H,1-2,5,12H2/t10-/m1/s1. The van der Waals surface area contributed by atoms with Crippen LogP contribution in [0.5, 0.6) is 0 Å². The van der Waals surface area contributed by atoms with E-state index >= 15 is 0 Å². The summed E-state index contributed by atoms with van der Waals surface area (Å²) in [4.78, 5) is 0. The van der Waals surface area contributed by atoms with Gasteiger partial charge in [-0.25, -0.2) is 0 Å². The van der Waals surface area contributed by atoms with Gasteiger partial charge in [-0.3, -0.25) is 0 Å². The monoisotopic (exact) mass is 240 g/mol. The van der Waals surface area contributed by atoms with E-state index in [1.807, 2.05) is 6.07 Å². The average molecular weight is 241 g/mol. The number of nitrogens with one attached hydrogen (secondary N) is 1. The Labute approximate surface area is 86.6 Å². The first-order chi connectivity index (χ1) is 6.27. The zero-order valence-electron chi connectivity index (χ0n) is 7.39. The van der Waals surface area contributed by atoms with Gasteiger partial charge in [0.05, 0.1) is 0 Å². The number of hydrogen-bond acceptors (Lipinski definition) is 2. The quantitative estimate of drug-likeness (QED) is 0.741. The zero-order valence-corrected chi connectivity index (χ0v) is 8.97. The van der Waals surface area contributed by atoms with Crippen LogP contribution in [0.2, 0.25) is 0 Å². The summed E-state index contributed by atoms with van der Waals surface area (Å²) in [6.45, 7) is 1.13. The third kappa shape index (κ3) is 1.86. The van der Waals surface area contributed by atoms with Gasteiger partial charge in [0.15, 0.2) is 0 Å². The Morgan fingerprint density at radius 2 is 2.31 bits per heavy atom. The summed E-state index contributed by atoms with van der Waals surface area (Å²) in [5, 5.41) is 3.46. The summed E-state index contributed by atoms with van der Waals surface area (Å²) in [7, 11) is 0. The Kier molecular flexibility index (Phi) is 2.56. The second kappa shape index (κ2) is 3.68. The highest BCUT2D eigenvalue weighted by molar-refractivity contribution is 9.10. The summed E-state index contributed by atoms with van der Waals surface area (Å²) >= 11 is 3.44. The van der Waals surface area contributed by atoms with Gasteiger partial charge in [-0.15, -0.1) is 0 Å². The molecule has 3 N–H and O–H groups in total. The smallest absolute Gasteiger partial charge is 0.0458 e. The molecule has 0 unspecified atom stereocenters. The van der Waals surface area contributed by atoms with Crippen molar-refractivity contribution in [1.82, 2.24) is 5.32 Å². The molecule has 70 valence electrons. The molecule has 1 aromatic carbocycles. The number of rotatable bonds is 1. The van der Waals surface area contributed by atoms with Gasteiger partial charge in [0.2, 0.25) is 0 Å². The zero-order chi connectivity index (χ0) is 9.26. The van der Waals surface area contributed by atoms with Crippen LogP contribution in [-0.4, -0.2) is 6.54 Å². The van der Waals surface area contributed by atoms with Crippen LogP contribution in [0.25, 0.3) is 0 Å². The molecule has 1 aliphatic rings. The lowest BCUT2D eigenvalue weighted by molar-refractivity contribution is 0.647. The van der Waals surface area contributed by atoms with Crippen molar-refractivity contribution >= 4 is 21.6 Å². The van der Waals surface area contributed by atoms with Crippen LogP contribution in [0, 0.1) is 0 Å². The normalized spacial score (nSPS) is 22.1. The SMILES string of the molecule is Nc1ccc([C@H]2CCCN2)cc1Br. The van der Waals surface area contributed by atoms with E-state index in [1.54, 1.807) is 0 Å². The lowest BCUT2D eigenvalue weighted by Crippen LogP contribution is -2.12. The third-order valence-electron chi connectivity index (χ3n) is 2.49. The van der Waals surface area contributed by atoms with Crippen molar-refractivity contribution in [2.45, 2.75) is 18.9 Å². The average Bonchev–Trinajstić information content (AvgIpc) is 2.62. The highest BCUT2D eigenvalue weighted by Crippen LogP contribution is 2.28. The van der Waals surface area contributed by atoms with E-state index in [0.717, 1.165) is 16.7 Å². The van der Waals surface area contributed by atoms with Crippen LogP contribution in [-0.2, 0) is 0 Å². The molecule has 0 bridgehead atoms. The second-order valence-electron chi connectivity index (χ2n) is 3.43. The number of nitrogens with two attached hydrogens (primary N) is 1. The molecule has 0 aliphatic carbocycles. The van der Waals surface area contributed by atoms with E-state index in [-0.39, 0.29) is 0 Å². The maximum atomic E-state index is 5.72. The molecule has 2 nitrogen and oxygen atoms in total. The van der Waals surface area contributed by atoms with Crippen LogP contribution >= 0.6 is 15.9 Å². The van der Waals surface area contributed by atoms with Crippen LogP contribution in [0.15, 0.2) is 22.7 Å². The Morgan fingerprint density at radius 3 is 2.92 bits per heavy atom. The molecule has 3 heteroatoms. The van der Waals surface area contributed by atoms with Crippen molar-refractivity contribution in [3.8, 4) is 0 Å². The first-order valence-electron chi connectivity index (χ1n) is 4.55. The van der Waals surface area contributed by atoms with Crippen molar-refractivity contribution in [1.29, 1.82) is 0 Å². The minimum Gasteiger partial charge on any atom is -0.398 e. The molecule has 1 heterocycles. The minimum absolute atomic E-state index is 0.525. The fourth-order valence-electron chi connectivity index (χ4n) is 1.73. The van der Waals surface area contributed by atoms with Crippen LogP contribution in [0.4, 0.5) is 5.69 Å². The van der Waals surface area contributed by atoms with E-state index in [1.165, 1.54) is 18.4 Å². The van der Waals surface area contributed by atoms with Gasteiger partial charge in [-0.05, 0) is 53.0 Å². The lowest BCUT2D eigenvalue weighted by atomic mass is 10.1. The topological polar surface area (TPSA) is 38.0 Å². The molecule has 0 spiro atoms. The summed E-state index contributed by atoms with van der Waals surface area (Å²) in [6.07, 6.45) is 2.50. The van der Waals surface area contributed by atoms with Crippen molar-refractivity contribution in [3.05, 3.63) is 28.2 Å². The molecule has 1 aromatic rings. The molecule has 1 atom stereocenters. The summed E-state index contributed by atoms with van der Waals surface area (Å²) in [6, 6.07) is 6.69. The number of anilines is 1. The maximum Gasteiger partial charge on any atom is 0.0458 e. The molecule has 13 heavy (non-hydrogen) atoms. The van der Waals surface area contributed by atoms with E-state index in [2.05, 4.69) is 33.4 Å². The van der Waals surface area contributed by atoms with Gasteiger partial charge in [-0.2, -0.15) is 0 Å². The Bertz CT molecular complexity index is 306. The predicted octanol–water partition coefficient (Wildman–Crippen LogP) is 2.46. The number of nitrogen functional groups attached to an aromatic ring is 1. The highest BCUT2D eigenvalue weighted by Gasteiger charge is 2.16. The minimum atomic E-state index is 0.525. The second-order valence-corrected chi connectivity index (χ2v) is 4.28. The summed E-state index contributed by atoms with van der Waals surface area (Å²) in [5.74, 6) is 0. The molecule has 2 rings (SSSR count).